The van der Waals surface area contributed by atoms with Crippen molar-refractivity contribution in [3.8, 4) is 0 Å². The number of carbonyl (C=O) groups is 1. The summed E-state index contributed by atoms with van der Waals surface area (Å²) in [5.74, 6) is 0. The lowest BCUT2D eigenvalue weighted by molar-refractivity contribution is 0.254. The minimum absolute atomic E-state index is 0.259. The van der Waals surface area contributed by atoms with Gasteiger partial charge in [-0.25, -0.2) is 4.79 Å². The molecular formula is C14H14ClN3O. The maximum atomic E-state index is 11.4. The molecule has 0 heterocycles. The van der Waals surface area contributed by atoms with Gasteiger partial charge in [-0.3, -0.25) is 0 Å². The van der Waals surface area contributed by atoms with Crippen molar-refractivity contribution in [3.05, 3.63) is 53.6 Å². The van der Waals surface area contributed by atoms with Crippen LogP contribution in [0.25, 0.3) is 0 Å². The van der Waals surface area contributed by atoms with Gasteiger partial charge in [-0.2, -0.15) is 0 Å². The third-order valence-corrected chi connectivity index (χ3v) is 2.78. The molecule has 0 aliphatic rings. The molecule has 2 aromatic rings. The molecule has 0 saturated carbocycles. The predicted molar refractivity (Wildman–Crippen MR) is 79.3 cm³/mol. The number of urea groups is 1. The van der Waals surface area contributed by atoms with Crippen molar-refractivity contribution in [3.63, 3.8) is 0 Å². The van der Waals surface area contributed by atoms with Gasteiger partial charge in [0.1, 0.15) is 0 Å². The Morgan fingerprint density at radius 3 is 2.26 bits per heavy atom. The number of anilines is 3. The topological polar surface area (TPSA) is 53.2 Å². The highest BCUT2D eigenvalue weighted by molar-refractivity contribution is 6.30. The molecule has 0 spiro atoms. The van der Waals surface area contributed by atoms with E-state index in [4.69, 9.17) is 11.6 Å². The fourth-order valence-corrected chi connectivity index (χ4v) is 1.70. The van der Waals surface area contributed by atoms with Crippen LogP contribution in [0.2, 0.25) is 5.02 Å². The second-order valence-corrected chi connectivity index (χ2v) is 4.32. The number of halogens is 1. The molecule has 98 valence electrons. The number of nitrogens with one attached hydrogen (secondary N) is 3. The van der Waals surface area contributed by atoms with Crippen molar-refractivity contribution in [1.29, 1.82) is 0 Å². The Labute approximate surface area is 116 Å². The van der Waals surface area contributed by atoms with E-state index in [1.807, 2.05) is 36.4 Å². The van der Waals surface area contributed by atoms with Crippen molar-refractivity contribution < 1.29 is 4.79 Å². The first-order valence-electron chi connectivity index (χ1n) is 5.79. The Morgan fingerprint density at radius 1 is 1.00 bits per heavy atom. The second-order valence-electron chi connectivity index (χ2n) is 3.88. The van der Waals surface area contributed by atoms with Crippen LogP contribution in [-0.4, -0.2) is 13.1 Å². The van der Waals surface area contributed by atoms with Crippen LogP contribution in [0.3, 0.4) is 0 Å². The van der Waals surface area contributed by atoms with Crippen molar-refractivity contribution in [2.24, 2.45) is 0 Å². The third kappa shape index (κ3) is 3.63. The lowest BCUT2D eigenvalue weighted by atomic mass is 10.2. The van der Waals surface area contributed by atoms with Crippen LogP contribution in [0, 0.1) is 0 Å². The van der Waals surface area contributed by atoms with Crippen LogP contribution >= 0.6 is 11.6 Å². The van der Waals surface area contributed by atoms with E-state index in [0.717, 1.165) is 11.4 Å². The zero-order valence-electron chi connectivity index (χ0n) is 10.4. The Morgan fingerprint density at radius 2 is 1.63 bits per heavy atom. The number of rotatable bonds is 3. The average Bonchev–Trinajstić information content (AvgIpc) is 2.43. The normalized spacial score (nSPS) is 9.79. The summed E-state index contributed by atoms with van der Waals surface area (Å²) in [4.78, 5) is 11.4. The summed E-state index contributed by atoms with van der Waals surface area (Å²) < 4.78 is 0. The molecule has 3 N–H and O–H groups in total. The van der Waals surface area contributed by atoms with Gasteiger partial charge < -0.3 is 16.0 Å². The van der Waals surface area contributed by atoms with Gasteiger partial charge >= 0.3 is 6.03 Å². The Balaban J connectivity index is 2.20. The van der Waals surface area contributed by atoms with Crippen molar-refractivity contribution >= 4 is 34.7 Å². The summed E-state index contributed by atoms with van der Waals surface area (Å²) in [5.41, 5.74) is 2.42. The van der Waals surface area contributed by atoms with Crippen LogP contribution in [-0.2, 0) is 0 Å². The van der Waals surface area contributed by atoms with Gasteiger partial charge in [-0.15, -0.1) is 0 Å². The summed E-state index contributed by atoms with van der Waals surface area (Å²) in [6, 6.07) is 14.6. The molecule has 0 aliphatic carbocycles. The molecule has 0 radical (unpaired) electrons. The number of hydrogen-bond acceptors (Lipinski definition) is 2. The van der Waals surface area contributed by atoms with Crippen molar-refractivity contribution in [2.75, 3.05) is 17.7 Å². The Bertz CT molecular complexity index is 569. The molecule has 0 aromatic heterocycles. The molecule has 0 unspecified atom stereocenters. The lowest BCUT2D eigenvalue weighted by Crippen LogP contribution is -2.24. The minimum Gasteiger partial charge on any atom is -0.354 e. The zero-order valence-corrected chi connectivity index (χ0v) is 11.2. The summed E-state index contributed by atoms with van der Waals surface area (Å²) in [6.45, 7) is 0. The van der Waals surface area contributed by atoms with E-state index < -0.39 is 0 Å². The van der Waals surface area contributed by atoms with Gasteiger partial charge in [0.05, 0.1) is 11.4 Å². The second kappa shape index (κ2) is 6.11. The summed E-state index contributed by atoms with van der Waals surface area (Å²) in [6.07, 6.45) is 0. The molecule has 0 aliphatic heterocycles. The van der Waals surface area contributed by atoms with Gasteiger partial charge in [0.15, 0.2) is 0 Å². The van der Waals surface area contributed by atoms with Crippen LogP contribution in [0.15, 0.2) is 48.5 Å². The van der Waals surface area contributed by atoms with Gasteiger partial charge in [-0.05, 0) is 36.4 Å². The maximum absolute atomic E-state index is 11.4. The number of amides is 2. The number of benzene rings is 2. The molecule has 2 aromatic carbocycles. The molecule has 2 amide bonds. The smallest absolute Gasteiger partial charge is 0.319 e. The van der Waals surface area contributed by atoms with E-state index in [-0.39, 0.29) is 6.03 Å². The minimum atomic E-state index is -0.259. The molecule has 0 bridgehead atoms. The third-order valence-electron chi connectivity index (χ3n) is 2.53. The van der Waals surface area contributed by atoms with Gasteiger partial charge in [0, 0.05) is 17.8 Å². The van der Waals surface area contributed by atoms with Crippen molar-refractivity contribution in [2.45, 2.75) is 0 Å². The zero-order chi connectivity index (χ0) is 13.7. The van der Waals surface area contributed by atoms with E-state index in [2.05, 4.69) is 16.0 Å². The number of carbonyl (C=O) groups excluding carboxylic acids is 1. The highest BCUT2D eigenvalue weighted by Gasteiger charge is 2.04. The molecule has 5 heteroatoms. The first-order chi connectivity index (χ1) is 9.19. The molecule has 0 fully saturated rings. The summed E-state index contributed by atoms with van der Waals surface area (Å²) >= 11 is 5.84. The number of hydrogen-bond donors (Lipinski definition) is 3. The highest BCUT2D eigenvalue weighted by Crippen LogP contribution is 2.25. The quantitative estimate of drug-likeness (QED) is 0.797. The van der Waals surface area contributed by atoms with E-state index in [0.29, 0.717) is 10.7 Å². The SMILES string of the molecule is CNC(=O)Nc1ccccc1Nc1ccc(Cl)cc1. The number of para-hydroxylation sites is 2. The standard InChI is InChI=1S/C14H14ClN3O/c1-16-14(19)18-13-5-3-2-4-12(13)17-11-8-6-10(15)7-9-11/h2-9,17H,1H3,(H2,16,18,19). The Hall–Kier alpha value is -2.20. The van der Waals surface area contributed by atoms with E-state index in [9.17, 15) is 4.79 Å². The predicted octanol–water partition coefficient (Wildman–Crippen LogP) is 3.83. The molecule has 2 rings (SSSR count). The average molecular weight is 276 g/mol. The van der Waals surface area contributed by atoms with E-state index >= 15 is 0 Å². The van der Waals surface area contributed by atoms with Crippen LogP contribution in [0.5, 0.6) is 0 Å². The highest BCUT2D eigenvalue weighted by atomic mass is 35.5. The van der Waals surface area contributed by atoms with Gasteiger partial charge in [0.25, 0.3) is 0 Å². The molecule has 4 nitrogen and oxygen atoms in total. The summed E-state index contributed by atoms with van der Waals surface area (Å²) in [5, 5.41) is 9.18. The van der Waals surface area contributed by atoms with Crippen LogP contribution in [0.1, 0.15) is 0 Å². The molecule has 0 atom stereocenters. The van der Waals surface area contributed by atoms with Gasteiger partial charge in [-0.1, -0.05) is 23.7 Å². The first-order valence-corrected chi connectivity index (χ1v) is 6.17. The van der Waals surface area contributed by atoms with Crippen molar-refractivity contribution in [1.82, 2.24) is 5.32 Å². The monoisotopic (exact) mass is 275 g/mol. The van der Waals surface area contributed by atoms with Crippen LogP contribution < -0.4 is 16.0 Å². The molecule has 0 saturated heterocycles. The molecule has 19 heavy (non-hydrogen) atoms. The van der Waals surface area contributed by atoms with Crippen LogP contribution in [0.4, 0.5) is 21.9 Å². The maximum Gasteiger partial charge on any atom is 0.319 e. The van der Waals surface area contributed by atoms with E-state index in [1.165, 1.54) is 0 Å². The molecular weight excluding hydrogens is 262 g/mol. The Kier molecular flexibility index (Phi) is 4.26. The van der Waals surface area contributed by atoms with Gasteiger partial charge in [0.2, 0.25) is 0 Å². The first kappa shape index (κ1) is 13.2. The largest absolute Gasteiger partial charge is 0.354 e. The van der Waals surface area contributed by atoms with E-state index in [1.54, 1.807) is 19.2 Å². The fourth-order valence-electron chi connectivity index (χ4n) is 1.57. The fraction of sp³-hybridized carbons (Fsp3) is 0.0714. The summed E-state index contributed by atoms with van der Waals surface area (Å²) in [7, 11) is 1.57. The lowest BCUT2D eigenvalue weighted by Gasteiger charge is -2.12.